The normalized spacial score (nSPS) is 27.1. The van der Waals surface area contributed by atoms with Gasteiger partial charge in [-0.1, -0.05) is 33.1 Å². The molecule has 1 heterocycles. The zero-order valence-corrected chi connectivity index (χ0v) is 12.5. The SMILES string of the molecule is CC(C)CN1CCC(O)(C2(C#N)CCCCC2)CC1. The van der Waals surface area contributed by atoms with Gasteiger partial charge in [0.25, 0.3) is 0 Å². The molecule has 0 amide bonds. The van der Waals surface area contributed by atoms with Gasteiger partial charge in [0.15, 0.2) is 0 Å². The van der Waals surface area contributed by atoms with Crippen molar-refractivity contribution in [1.82, 2.24) is 4.90 Å². The molecule has 0 aromatic carbocycles. The van der Waals surface area contributed by atoms with Crippen LogP contribution in [-0.4, -0.2) is 35.2 Å². The second-order valence-corrected chi connectivity index (χ2v) is 6.98. The fraction of sp³-hybridized carbons (Fsp3) is 0.938. The molecular formula is C16H28N2O. The Hall–Kier alpha value is -0.590. The number of rotatable bonds is 3. The first kappa shape index (κ1) is 14.8. The summed E-state index contributed by atoms with van der Waals surface area (Å²) in [4.78, 5) is 2.44. The van der Waals surface area contributed by atoms with E-state index >= 15 is 0 Å². The second-order valence-electron chi connectivity index (χ2n) is 6.98. The average Bonchev–Trinajstić information content (AvgIpc) is 2.42. The number of piperidine rings is 1. The van der Waals surface area contributed by atoms with E-state index in [0.717, 1.165) is 58.2 Å². The Labute approximate surface area is 117 Å². The van der Waals surface area contributed by atoms with Gasteiger partial charge in [-0.3, -0.25) is 0 Å². The summed E-state index contributed by atoms with van der Waals surface area (Å²) in [5.41, 5.74) is -1.20. The Balaban J connectivity index is 2.02. The summed E-state index contributed by atoms with van der Waals surface area (Å²) >= 11 is 0. The summed E-state index contributed by atoms with van der Waals surface area (Å²) in [5, 5.41) is 20.7. The van der Waals surface area contributed by atoms with Crippen molar-refractivity contribution < 1.29 is 5.11 Å². The molecule has 0 aromatic heterocycles. The van der Waals surface area contributed by atoms with Crippen molar-refractivity contribution in [3.63, 3.8) is 0 Å². The molecule has 0 bridgehead atoms. The van der Waals surface area contributed by atoms with Gasteiger partial charge in [0.2, 0.25) is 0 Å². The molecule has 3 nitrogen and oxygen atoms in total. The first-order valence-corrected chi connectivity index (χ1v) is 7.87. The first-order valence-electron chi connectivity index (χ1n) is 7.87. The minimum Gasteiger partial charge on any atom is -0.388 e. The molecule has 0 atom stereocenters. The predicted octanol–water partition coefficient (Wildman–Crippen LogP) is 2.94. The molecule has 2 fully saturated rings. The van der Waals surface area contributed by atoms with Crippen LogP contribution in [0.4, 0.5) is 0 Å². The Morgan fingerprint density at radius 3 is 2.16 bits per heavy atom. The number of nitrogens with zero attached hydrogens (tertiary/aromatic N) is 2. The van der Waals surface area contributed by atoms with E-state index in [9.17, 15) is 10.4 Å². The van der Waals surface area contributed by atoms with Crippen LogP contribution in [0.25, 0.3) is 0 Å². The van der Waals surface area contributed by atoms with E-state index in [1.54, 1.807) is 0 Å². The summed E-state index contributed by atoms with van der Waals surface area (Å²) in [6, 6.07) is 2.51. The molecule has 0 radical (unpaired) electrons. The van der Waals surface area contributed by atoms with Crippen LogP contribution in [0, 0.1) is 22.7 Å². The molecule has 1 saturated carbocycles. The minimum absolute atomic E-state index is 0.463. The zero-order chi connectivity index (χ0) is 13.9. The highest BCUT2D eigenvalue weighted by molar-refractivity contribution is 5.13. The number of hydrogen-bond acceptors (Lipinski definition) is 3. The van der Waals surface area contributed by atoms with Crippen LogP contribution in [0.2, 0.25) is 0 Å². The summed E-state index contributed by atoms with van der Waals surface area (Å²) < 4.78 is 0. The lowest BCUT2D eigenvalue weighted by molar-refractivity contribution is -0.111. The molecule has 0 aromatic rings. The summed E-state index contributed by atoms with van der Waals surface area (Å²) in [5.74, 6) is 0.672. The smallest absolute Gasteiger partial charge is 0.0861 e. The van der Waals surface area contributed by atoms with Crippen LogP contribution in [0.3, 0.4) is 0 Å². The van der Waals surface area contributed by atoms with Crippen LogP contribution in [0.1, 0.15) is 58.8 Å². The zero-order valence-electron chi connectivity index (χ0n) is 12.5. The number of hydrogen-bond donors (Lipinski definition) is 1. The fourth-order valence-corrected chi connectivity index (χ4v) is 3.94. The maximum absolute atomic E-state index is 11.0. The lowest BCUT2D eigenvalue weighted by Gasteiger charge is -2.49. The van der Waals surface area contributed by atoms with Gasteiger partial charge in [-0.25, -0.2) is 0 Å². The van der Waals surface area contributed by atoms with Gasteiger partial charge in [-0.2, -0.15) is 5.26 Å². The Morgan fingerprint density at radius 2 is 1.68 bits per heavy atom. The molecule has 0 spiro atoms. The monoisotopic (exact) mass is 264 g/mol. The molecule has 0 unspecified atom stereocenters. The third-order valence-electron chi connectivity index (χ3n) is 5.12. The van der Waals surface area contributed by atoms with Crippen LogP contribution in [-0.2, 0) is 0 Å². The fourth-order valence-electron chi connectivity index (χ4n) is 3.94. The van der Waals surface area contributed by atoms with Crippen molar-refractivity contribution in [2.24, 2.45) is 11.3 Å². The van der Waals surface area contributed by atoms with Crippen LogP contribution in [0.5, 0.6) is 0 Å². The summed E-state index contributed by atoms with van der Waals surface area (Å²) in [7, 11) is 0. The maximum Gasteiger partial charge on any atom is 0.0861 e. The highest BCUT2D eigenvalue weighted by atomic mass is 16.3. The first-order chi connectivity index (χ1) is 9.01. The molecule has 108 valence electrons. The van der Waals surface area contributed by atoms with Gasteiger partial charge >= 0.3 is 0 Å². The van der Waals surface area contributed by atoms with E-state index in [1.807, 2.05) is 0 Å². The molecular weight excluding hydrogens is 236 g/mol. The number of aliphatic hydroxyl groups is 1. The highest BCUT2D eigenvalue weighted by Gasteiger charge is 2.52. The largest absolute Gasteiger partial charge is 0.388 e. The van der Waals surface area contributed by atoms with E-state index < -0.39 is 11.0 Å². The highest BCUT2D eigenvalue weighted by Crippen LogP contribution is 2.48. The van der Waals surface area contributed by atoms with Gasteiger partial charge in [-0.15, -0.1) is 0 Å². The van der Waals surface area contributed by atoms with Crippen molar-refractivity contribution in [3.05, 3.63) is 0 Å². The summed E-state index contributed by atoms with van der Waals surface area (Å²) in [6.07, 6.45) is 6.76. The van der Waals surface area contributed by atoms with Gasteiger partial charge in [-0.05, 0) is 31.6 Å². The van der Waals surface area contributed by atoms with Gasteiger partial charge in [0.1, 0.15) is 0 Å². The topological polar surface area (TPSA) is 47.3 Å². The van der Waals surface area contributed by atoms with Crippen molar-refractivity contribution in [3.8, 4) is 6.07 Å². The average molecular weight is 264 g/mol. The van der Waals surface area contributed by atoms with E-state index in [2.05, 4.69) is 24.8 Å². The lowest BCUT2D eigenvalue weighted by atomic mass is 9.61. The van der Waals surface area contributed by atoms with E-state index in [0.29, 0.717) is 5.92 Å². The van der Waals surface area contributed by atoms with Crippen molar-refractivity contribution in [2.45, 2.75) is 64.4 Å². The van der Waals surface area contributed by atoms with Crippen molar-refractivity contribution >= 4 is 0 Å². The minimum atomic E-state index is -0.740. The maximum atomic E-state index is 11.0. The Kier molecular flexibility index (Phi) is 4.53. The predicted molar refractivity (Wildman–Crippen MR) is 76.6 cm³/mol. The number of likely N-dealkylation sites (tertiary alicyclic amines) is 1. The van der Waals surface area contributed by atoms with Gasteiger partial charge in [0, 0.05) is 19.6 Å². The quantitative estimate of drug-likeness (QED) is 0.852. The molecule has 2 rings (SSSR count). The van der Waals surface area contributed by atoms with Gasteiger partial charge < -0.3 is 10.0 Å². The molecule has 2 aliphatic rings. The van der Waals surface area contributed by atoms with E-state index in [4.69, 9.17) is 0 Å². The molecule has 1 aliphatic carbocycles. The Bertz CT molecular complexity index is 331. The molecule has 1 N–H and O–H groups in total. The van der Waals surface area contributed by atoms with Crippen molar-refractivity contribution in [2.75, 3.05) is 19.6 Å². The van der Waals surface area contributed by atoms with E-state index in [1.165, 1.54) is 6.42 Å². The molecule has 3 heteroatoms. The number of nitriles is 1. The van der Waals surface area contributed by atoms with Gasteiger partial charge in [0.05, 0.1) is 17.1 Å². The third-order valence-corrected chi connectivity index (χ3v) is 5.12. The molecule has 1 saturated heterocycles. The van der Waals surface area contributed by atoms with E-state index in [-0.39, 0.29) is 0 Å². The van der Waals surface area contributed by atoms with Crippen LogP contribution < -0.4 is 0 Å². The van der Waals surface area contributed by atoms with Crippen LogP contribution in [0.15, 0.2) is 0 Å². The molecule has 19 heavy (non-hydrogen) atoms. The Morgan fingerprint density at radius 1 is 1.11 bits per heavy atom. The third kappa shape index (κ3) is 2.95. The standard InChI is InChI=1S/C16H28N2O/c1-14(2)12-18-10-8-16(19,9-11-18)15(13-17)6-4-3-5-7-15/h14,19H,3-12H2,1-2H3. The van der Waals surface area contributed by atoms with Crippen LogP contribution >= 0.6 is 0 Å². The lowest BCUT2D eigenvalue weighted by Crippen LogP contribution is -2.55. The van der Waals surface area contributed by atoms with Crippen molar-refractivity contribution in [1.29, 1.82) is 5.26 Å². The summed E-state index contributed by atoms with van der Waals surface area (Å²) in [6.45, 7) is 7.46. The molecule has 1 aliphatic heterocycles. The second kappa shape index (κ2) is 5.81.